The van der Waals surface area contributed by atoms with E-state index in [9.17, 15) is 0 Å². The molecule has 2 aromatic rings. The minimum atomic E-state index is -0.0997. The summed E-state index contributed by atoms with van der Waals surface area (Å²) in [5.74, 6) is 0. The van der Waals surface area contributed by atoms with Crippen molar-refractivity contribution in [3.63, 3.8) is 0 Å². The molecule has 0 bridgehead atoms. The van der Waals surface area contributed by atoms with Gasteiger partial charge in [0.25, 0.3) is 0 Å². The third-order valence-corrected chi connectivity index (χ3v) is 2.78. The fourth-order valence-electron chi connectivity index (χ4n) is 1.86. The first kappa shape index (κ1) is 11.6. The summed E-state index contributed by atoms with van der Waals surface area (Å²) in [5.41, 5.74) is 0.650. The first-order chi connectivity index (χ1) is 7.30. The third kappa shape index (κ3) is 1.76. The molecule has 0 unspecified atom stereocenters. The van der Waals surface area contributed by atoms with Crippen LogP contribution in [0.3, 0.4) is 0 Å². The first-order valence-corrected chi connectivity index (χ1v) is 5.67. The van der Waals surface area contributed by atoms with Crippen molar-refractivity contribution < 1.29 is 4.68 Å². The van der Waals surface area contributed by atoms with Gasteiger partial charge in [-0.2, -0.15) is 4.98 Å². The average molecular weight is 260 g/mol. The van der Waals surface area contributed by atoms with E-state index in [0.29, 0.717) is 5.15 Å². The van der Waals surface area contributed by atoms with E-state index in [2.05, 4.69) is 30.7 Å². The van der Waals surface area contributed by atoms with Crippen LogP contribution >= 0.6 is 23.2 Å². The van der Waals surface area contributed by atoms with Crippen LogP contribution in [0.25, 0.3) is 11.0 Å². The molecule has 16 heavy (non-hydrogen) atoms. The zero-order valence-electron chi connectivity index (χ0n) is 9.62. The highest BCUT2D eigenvalue weighted by molar-refractivity contribution is 6.35. The predicted octanol–water partition coefficient (Wildman–Crippen LogP) is 2.32. The Morgan fingerprint density at radius 3 is 2.44 bits per heavy atom. The Bertz CT molecular complexity index is 554. The van der Waals surface area contributed by atoms with Crippen molar-refractivity contribution >= 4 is 34.2 Å². The Hall–Kier alpha value is -0.870. The second kappa shape index (κ2) is 3.57. The van der Waals surface area contributed by atoms with Crippen LogP contribution in [-0.4, -0.2) is 14.6 Å². The van der Waals surface area contributed by atoms with Gasteiger partial charge in [-0.25, -0.2) is 4.98 Å². The summed E-state index contributed by atoms with van der Waals surface area (Å²) in [6.45, 7) is 6.28. The number of hydrogen-bond acceptors (Lipinski definition) is 2. The van der Waals surface area contributed by atoms with Crippen LogP contribution in [0, 0.1) is 0 Å². The maximum Gasteiger partial charge on any atom is 0.225 e. The zero-order valence-corrected chi connectivity index (χ0v) is 11.1. The number of hydrogen-bond donors (Lipinski definition) is 0. The lowest BCUT2D eigenvalue weighted by Crippen LogP contribution is -2.46. The van der Waals surface area contributed by atoms with E-state index in [4.69, 9.17) is 23.2 Å². The number of fused-ring (bicyclic) bond motifs is 1. The maximum absolute atomic E-state index is 6.04. The Morgan fingerprint density at radius 2 is 1.88 bits per heavy atom. The highest BCUT2D eigenvalue weighted by Gasteiger charge is 2.27. The minimum Gasteiger partial charge on any atom is -0.205 e. The van der Waals surface area contributed by atoms with E-state index in [1.807, 2.05) is 22.6 Å². The fourth-order valence-corrected chi connectivity index (χ4v) is 2.28. The topological polar surface area (TPSA) is 34.6 Å². The molecule has 0 aliphatic carbocycles. The van der Waals surface area contributed by atoms with Gasteiger partial charge in [0.2, 0.25) is 17.1 Å². The van der Waals surface area contributed by atoms with E-state index in [1.165, 1.54) is 0 Å². The molecular formula is C10H13Cl2N4+. The summed E-state index contributed by atoms with van der Waals surface area (Å²) in [6, 6.07) is 0. The summed E-state index contributed by atoms with van der Waals surface area (Å²) in [4.78, 5) is 8.17. The molecule has 0 aliphatic heterocycles. The largest absolute Gasteiger partial charge is 0.225 e. The van der Waals surface area contributed by atoms with Crippen molar-refractivity contribution in [2.45, 2.75) is 26.3 Å². The van der Waals surface area contributed by atoms with E-state index >= 15 is 0 Å². The van der Waals surface area contributed by atoms with Crippen LogP contribution < -0.4 is 4.68 Å². The number of nitrogens with zero attached hydrogens (tertiary/aromatic N) is 4. The first-order valence-electron chi connectivity index (χ1n) is 4.91. The molecule has 86 valence electrons. The van der Waals surface area contributed by atoms with Gasteiger partial charge >= 0.3 is 0 Å². The Morgan fingerprint density at radius 1 is 1.25 bits per heavy atom. The van der Waals surface area contributed by atoms with Crippen LogP contribution in [-0.2, 0) is 12.6 Å². The smallest absolute Gasteiger partial charge is 0.205 e. The Labute approximate surface area is 104 Å². The molecule has 2 aromatic heterocycles. The zero-order chi connectivity index (χ0) is 12.1. The summed E-state index contributed by atoms with van der Waals surface area (Å²) >= 11 is 11.9. The lowest BCUT2D eigenvalue weighted by Gasteiger charge is -2.17. The third-order valence-electron chi connectivity index (χ3n) is 2.32. The molecule has 0 saturated heterocycles. The highest BCUT2D eigenvalue weighted by atomic mass is 35.5. The molecule has 0 N–H and O–H groups in total. The molecule has 0 fully saturated rings. The molecular weight excluding hydrogens is 247 g/mol. The van der Waals surface area contributed by atoms with Crippen LogP contribution in [0.2, 0.25) is 10.4 Å². The molecule has 2 rings (SSSR count). The van der Waals surface area contributed by atoms with Gasteiger partial charge in [0, 0.05) is 0 Å². The highest BCUT2D eigenvalue weighted by Crippen LogP contribution is 2.24. The molecule has 4 nitrogen and oxygen atoms in total. The maximum atomic E-state index is 6.04. The van der Waals surface area contributed by atoms with Crippen molar-refractivity contribution in [3.05, 3.63) is 16.6 Å². The van der Waals surface area contributed by atoms with Crippen molar-refractivity contribution in [1.29, 1.82) is 0 Å². The fraction of sp³-hybridized carbons (Fsp3) is 0.500. The van der Waals surface area contributed by atoms with E-state index < -0.39 is 0 Å². The molecule has 0 atom stereocenters. The second-order valence-corrected chi connectivity index (χ2v) is 5.40. The molecule has 0 radical (unpaired) electrons. The summed E-state index contributed by atoms with van der Waals surface area (Å²) in [5, 5.41) is 1.36. The van der Waals surface area contributed by atoms with Gasteiger partial charge < -0.3 is 0 Å². The molecule has 0 aromatic carbocycles. The summed E-state index contributed by atoms with van der Waals surface area (Å²) in [6.07, 6.45) is 1.90. The number of aromatic nitrogens is 4. The van der Waals surface area contributed by atoms with E-state index in [-0.39, 0.29) is 10.8 Å². The Kier molecular flexibility index (Phi) is 2.59. The molecule has 0 spiro atoms. The SMILES string of the molecule is C[n+]1cc2c(Cl)nc(Cl)nc2n1C(C)(C)C. The standard InChI is InChI=1S/C10H13Cl2N4/c1-10(2,3)16-8-6(5-15(16)4)7(11)13-9(12)14-8/h5H,1-4H3/q+1. The lowest BCUT2D eigenvalue weighted by atomic mass is 10.1. The van der Waals surface area contributed by atoms with Gasteiger partial charge in [-0.15, -0.1) is 9.36 Å². The molecule has 0 amide bonds. The number of rotatable bonds is 0. The molecule has 0 saturated carbocycles. The lowest BCUT2D eigenvalue weighted by molar-refractivity contribution is -0.757. The predicted molar refractivity (Wildman–Crippen MR) is 63.7 cm³/mol. The monoisotopic (exact) mass is 259 g/mol. The van der Waals surface area contributed by atoms with Gasteiger partial charge in [-0.3, -0.25) is 0 Å². The van der Waals surface area contributed by atoms with Gasteiger partial charge in [-0.1, -0.05) is 11.6 Å². The van der Waals surface area contributed by atoms with Gasteiger partial charge in [0.15, 0.2) is 7.05 Å². The van der Waals surface area contributed by atoms with Gasteiger partial charge in [0.05, 0.1) is 5.54 Å². The van der Waals surface area contributed by atoms with Crippen LogP contribution in [0.4, 0.5) is 0 Å². The van der Waals surface area contributed by atoms with Crippen molar-refractivity contribution in [3.8, 4) is 0 Å². The average Bonchev–Trinajstić information content (AvgIpc) is 2.40. The molecule has 2 heterocycles. The Balaban J connectivity index is 2.89. The van der Waals surface area contributed by atoms with E-state index in [1.54, 1.807) is 0 Å². The van der Waals surface area contributed by atoms with Crippen LogP contribution in [0.5, 0.6) is 0 Å². The molecule has 6 heteroatoms. The van der Waals surface area contributed by atoms with Crippen LogP contribution in [0.1, 0.15) is 20.8 Å². The van der Waals surface area contributed by atoms with Crippen LogP contribution in [0.15, 0.2) is 6.20 Å². The van der Waals surface area contributed by atoms with Gasteiger partial charge in [0.1, 0.15) is 10.5 Å². The minimum absolute atomic E-state index is 0.0997. The van der Waals surface area contributed by atoms with E-state index in [0.717, 1.165) is 11.0 Å². The number of aryl methyl sites for hydroxylation is 1. The second-order valence-electron chi connectivity index (χ2n) is 4.71. The summed E-state index contributed by atoms with van der Waals surface area (Å²) in [7, 11) is 1.94. The number of halogens is 2. The summed E-state index contributed by atoms with van der Waals surface area (Å²) < 4.78 is 3.98. The van der Waals surface area contributed by atoms with Crippen molar-refractivity contribution in [2.75, 3.05) is 0 Å². The molecule has 0 aliphatic rings. The van der Waals surface area contributed by atoms with Gasteiger partial charge in [-0.05, 0) is 32.4 Å². The van der Waals surface area contributed by atoms with Crippen molar-refractivity contribution in [1.82, 2.24) is 14.6 Å². The quantitative estimate of drug-likeness (QED) is 0.414. The normalized spacial score (nSPS) is 12.4. The van der Waals surface area contributed by atoms with Crippen molar-refractivity contribution in [2.24, 2.45) is 7.05 Å².